The van der Waals surface area contributed by atoms with E-state index < -0.39 is 12.1 Å². The minimum atomic E-state index is -0.661. The molecule has 508 valence electrons. The average Bonchev–Trinajstić information content (AvgIpc) is 3.53. The lowest BCUT2D eigenvalue weighted by atomic mass is 10.0. The highest BCUT2D eigenvalue weighted by atomic mass is 16.5. The lowest BCUT2D eigenvalue weighted by Crippen LogP contribution is -2.45. The number of carbonyl (C=O) groups excluding carboxylic acids is 2. The molecule has 0 heterocycles. The Bertz CT molecular complexity index is 1390. The Morgan fingerprint density at radius 2 is 0.581 bits per heavy atom. The Morgan fingerprint density at radius 1 is 0.326 bits per heavy atom. The Kier molecular flexibility index (Phi) is 73.9. The van der Waals surface area contributed by atoms with Crippen LogP contribution in [0.2, 0.25) is 0 Å². The van der Waals surface area contributed by atoms with E-state index in [0.29, 0.717) is 25.9 Å². The first-order chi connectivity index (χ1) is 42.5. The van der Waals surface area contributed by atoms with Crippen molar-refractivity contribution in [3.63, 3.8) is 0 Å². The molecule has 0 rings (SSSR count). The van der Waals surface area contributed by atoms with Crippen LogP contribution < -0.4 is 5.32 Å². The first-order valence-corrected chi connectivity index (χ1v) is 39.2. The Labute approximate surface area is 538 Å². The second kappa shape index (κ2) is 75.5. The fraction of sp³-hybridized carbons (Fsp3) is 0.900. The molecule has 0 aliphatic rings. The van der Waals surface area contributed by atoms with Crippen LogP contribution in [0.3, 0.4) is 0 Å². The van der Waals surface area contributed by atoms with E-state index in [-0.39, 0.29) is 18.5 Å². The summed E-state index contributed by atoms with van der Waals surface area (Å²) in [5.74, 6) is -0.0122. The molecule has 1 amide bonds. The van der Waals surface area contributed by atoms with Crippen molar-refractivity contribution >= 4 is 11.9 Å². The van der Waals surface area contributed by atoms with Crippen LogP contribution in [0, 0.1) is 0 Å². The van der Waals surface area contributed by atoms with Crippen molar-refractivity contribution in [3.8, 4) is 0 Å². The van der Waals surface area contributed by atoms with Gasteiger partial charge in [-0.25, -0.2) is 0 Å². The second-order valence-electron chi connectivity index (χ2n) is 27.0. The maximum atomic E-state index is 12.5. The Morgan fingerprint density at radius 3 is 0.895 bits per heavy atom. The number of carbonyl (C=O) groups is 2. The van der Waals surface area contributed by atoms with Gasteiger partial charge in [0.1, 0.15) is 0 Å². The van der Waals surface area contributed by atoms with Crippen molar-refractivity contribution in [2.24, 2.45) is 0 Å². The zero-order valence-electron chi connectivity index (χ0n) is 58.3. The molecule has 2 atom stereocenters. The highest BCUT2D eigenvalue weighted by Crippen LogP contribution is 2.19. The van der Waals surface area contributed by atoms with Gasteiger partial charge >= 0.3 is 5.97 Å². The molecule has 0 aliphatic heterocycles. The Balaban J connectivity index is 3.33. The molecule has 6 nitrogen and oxygen atoms in total. The Hall–Kier alpha value is -1.92. The minimum absolute atomic E-state index is 0.0180. The van der Waals surface area contributed by atoms with E-state index in [9.17, 15) is 19.8 Å². The third-order valence-electron chi connectivity index (χ3n) is 18.4. The molecule has 2 unspecified atom stereocenters. The number of nitrogens with one attached hydrogen (secondary N) is 1. The first kappa shape index (κ1) is 84.1. The quantitative estimate of drug-likeness (QED) is 0.0320. The third kappa shape index (κ3) is 71.2. The number of hydrogen-bond donors (Lipinski definition) is 3. The second-order valence-corrected chi connectivity index (χ2v) is 27.0. The van der Waals surface area contributed by atoms with E-state index >= 15 is 0 Å². The van der Waals surface area contributed by atoms with Crippen LogP contribution in [-0.4, -0.2) is 47.4 Å². The van der Waals surface area contributed by atoms with Crippen LogP contribution >= 0.6 is 0 Å². The van der Waals surface area contributed by atoms with Gasteiger partial charge in [0, 0.05) is 12.8 Å². The maximum Gasteiger partial charge on any atom is 0.305 e. The van der Waals surface area contributed by atoms with Gasteiger partial charge in [0.25, 0.3) is 0 Å². The number of ether oxygens (including phenoxy) is 1. The summed E-state index contributed by atoms with van der Waals surface area (Å²) in [7, 11) is 0. The number of aliphatic hydroxyl groups is 2. The van der Waals surface area contributed by atoms with Crippen molar-refractivity contribution in [1.29, 1.82) is 0 Å². The number of allylic oxidation sites excluding steroid dienone is 6. The smallest absolute Gasteiger partial charge is 0.305 e. The zero-order valence-corrected chi connectivity index (χ0v) is 58.3. The number of amides is 1. The summed E-state index contributed by atoms with van der Waals surface area (Å²) >= 11 is 0. The van der Waals surface area contributed by atoms with Crippen molar-refractivity contribution in [3.05, 3.63) is 36.5 Å². The number of unbranched alkanes of at least 4 members (excludes halogenated alkanes) is 57. The molecular weight excluding hydrogens is 1050 g/mol. The van der Waals surface area contributed by atoms with Crippen molar-refractivity contribution in [2.45, 2.75) is 450 Å². The van der Waals surface area contributed by atoms with Gasteiger partial charge in [0.15, 0.2) is 0 Å². The summed E-state index contributed by atoms with van der Waals surface area (Å²) in [6.07, 6.45) is 98.2. The van der Waals surface area contributed by atoms with Gasteiger partial charge < -0.3 is 20.3 Å². The molecule has 86 heavy (non-hydrogen) atoms. The molecule has 0 saturated heterocycles. The van der Waals surface area contributed by atoms with Crippen LogP contribution in [0.1, 0.15) is 438 Å². The molecule has 3 N–H and O–H groups in total. The highest BCUT2D eigenvalue weighted by molar-refractivity contribution is 5.76. The highest BCUT2D eigenvalue weighted by Gasteiger charge is 2.20. The van der Waals surface area contributed by atoms with Gasteiger partial charge in [-0.05, 0) is 83.5 Å². The molecule has 0 aromatic rings. The number of aliphatic hydroxyl groups excluding tert-OH is 2. The maximum absolute atomic E-state index is 12.5. The zero-order chi connectivity index (χ0) is 62.0. The fourth-order valence-corrected chi connectivity index (χ4v) is 12.4. The van der Waals surface area contributed by atoms with Crippen molar-refractivity contribution in [2.75, 3.05) is 13.2 Å². The van der Waals surface area contributed by atoms with Gasteiger partial charge in [-0.15, -0.1) is 0 Å². The SMILES string of the molecule is CCCCCCCCC/C=C\CCCCCCCCCC(=O)OCCCCCCCCCCCCCCCCC/C=C\C/C=C\CCCCCCCCCCCCCCCCCCCC(=O)NC(CO)C(O)CCCCCCCCCCCCCC. The van der Waals surface area contributed by atoms with Crippen LogP contribution in [0.15, 0.2) is 36.5 Å². The van der Waals surface area contributed by atoms with Crippen LogP contribution in [-0.2, 0) is 14.3 Å². The van der Waals surface area contributed by atoms with Crippen LogP contribution in [0.25, 0.3) is 0 Å². The van der Waals surface area contributed by atoms with E-state index in [0.717, 1.165) is 51.4 Å². The predicted molar refractivity (Wildman–Crippen MR) is 379 cm³/mol. The van der Waals surface area contributed by atoms with E-state index in [4.69, 9.17) is 4.74 Å². The van der Waals surface area contributed by atoms with Gasteiger partial charge in [0.05, 0.1) is 25.4 Å². The van der Waals surface area contributed by atoms with E-state index in [2.05, 4.69) is 55.6 Å². The summed E-state index contributed by atoms with van der Waals surface area (Å²) in [4.78, 5) is 24.6. The summed E-state index contributed by atoms with van der Waals surface area (Å²) in [5.41, 5.74) is 0. The van der Waals surface area contributed by atoms with Crippen LogP contribution in [0.4, 0.5) is 0 Å². The molecule has 0 saturated carbocycles. The van der Waals surface area contributed by atoms with Gasteiger partial charge in [-0.2, -0.15) is 0 Å². The van der Waals surface area contributed by atoms with Gasteiger partial charge in [-0.1, -0.05) is 378 Å². The van der Waals surface area contributed by atoms with E-state index in [1.807, 2.05) is 0 Å². The predicted octanol–water partition coefficient (Wildman–Crippen LogP) is 25.8. The number of esters is 1. The molecule has 0 radical (unpaired) electrons. The van der Waals surface area contributed by atoms with Crippen molar-refractivity contribution < 1.29 is 24.5 Å². The minimum Gasteiger partial charge on any atom is -0.466 e. The number of rotatable bonds is 74. The van der Waals surface area contributed by atoms with Crippen molar-refractivity contribution in [1.82, 2.24) is 5.32 Å². The monoisotopic (exact) mass is 1210 g/mol. The largest absolute Gasteiger partial charge is 0.466 e. The van der Waals surface area contributed by atoms with E-state index in [1.54, 1.807) is 0 Å². The van der Waals surface area contributed by atoms with E-state index in [1.165, 1.54) is 353 Å². The molecule has 6 heteroatoms. The lowest BCUT2D eigenvalue weighted by molar-refractivity contribution is -0.143. The van der Waals surface area contributed by atoms with Crippen LogP contribution in [0.5, 0.6) is 0 Å². The summed E-state index contributed by atoms with van der Waals surface area (Å²) in [6.45, 7) is 4.98. The van der Waals surface area contributed by atoms with Gasteiger partial charge in [0.2, 0.25) is 5.91 Å². The third-order valence-corrected chi connectivity index (χ3v) is 18.4. The fourth-order valence-electron chi connectivity index (χ4n) is 12.4. The summed E-state index contributed by atoms with van der Waals surface area (Å²) in [6, 6.07) is -0.538. The summed E-state index contributed by atoms with van der Waals surface area (Å²) in [5, 5.41) is 23.3. The normalized spacial score (nSPS) is 12.7. The topological polar surface area (TPSA) is 95.9 Å². The molecule has 0 spiro atoms. The van der Waals surface area contributed by atoms with Gasteiger partial charge in [-0.3, -0.25) is 9.59 Å². The lowest BCUT2D eigenvalue weighted by Gasteiger charge is -2.22. The molecule has 0 fully saturated rings. The molecule has 0 bridgehead atoms. The molecule has 0 aliphatic carbocycles. The number of hydrogen-bond acceptors (Lipinski definition) is 5. The standard InChI is InChI=1S/C80H153NO5/c1-3-5-7-9-11-13-15-17-18-19-44-47-50-54-58-62-66-70-74-80(85)86-75-71-67-63-59-55-51-48-45-42-40-38-36-34-32-30-28-26-24-22-20-21-23-25-27-29-31-33-35-37-39-41-43-46-49-53-57-61-65-69-73-79(84)81-77(76-82)78(83)72-68-64-60-56-52-16-14-12-10-8-6-4-2/h18-21,24,26,77-78,82-83H,3-17,22-23,25,27-76H2,1-2H3,(H,81,84)/b19-18-,21-20-,26-24-. The summed E-state index contributed by atoms with van der Waals surface area (Å²) < 4.78 is 5.51. The molecular formula is C80H153NO5. The molecule has 0 aromatic carbocycles. The first-order valence-electron chi connectivity index (χ1n) is 39.2. The molecule has 0 aromatic heterocycles. The average molecular weight is 1210 g/mol.